The highest BCUT2D eigenvalue weighted by atomic mass is 16.5. The molecule has 0 saturated carbocycles. The van der Waals surface area contributed by atoms with Gasteiger partial charge in [-0.2, -0.15) is 0 Å². The fourth-order valence-corrected chi connectivity index (χ4v) is 2.95. The quantitative estimate of drug-likeness (QED) is 0.919. The van der Waals surface area contributed by atoms with Crippen molar-refractivity contribution in [1.82, 2.24) is 9.88 Å². The first kappa shape index (κ1) is 17.4. The van der Waals surface area contributed by atoms with Crippen molar-refractivity contribution < 1.29 is 19.4 Å². The molecule has 1 aromatic heterocycles. The van der Waals surface area contributed by atoms with Gasteiger partial charge in [-0.1, -0.05) is 26.8 Å². The van der Waals surface area contributed by atoms with Crippen molar-refractivity contribution >= 4 is 11.9 Å². The van der Waals surface area contributed by atoms with Crippen molar-refractivity contribution in [2.75, 3.05) is 20.3 Å². The molecule has 1 aromatic rings. The molecule has 1 N–H and O–H groups in total. The number of likely N-dealkylation sites (tertiary alicyclic amines) is 1. The minimum absolute atomic E-state index is 0.0197. The first-order chi connectivity index (χ1) is 10.7. The van der Waals surface area contributed by atoms with Crippen LogP contribution in [0, 0.1) is 0 Å². The average Bonchev–Trinajstić information content (AvgIpc) is 2.91. The molecule has 1 unspecified atom stereocenters. The van der Waals surface area contributed by atoms with Gasteiger partial charge >= 0.3 is 5.97 Å². The minimum Gasteiger partial charge on any atom is -0.479 e. The molecule has 6 heteroatoms. The van der Waals surface area contributed by atoms with Crippen molar-refractivity contribution in [3.05, 3.63) is 29.6 Å². The van der Waals surface area contributed by atoms with Crippen LogP contribution in [0.3, 0.4) is 0 Å². The third kappa shape index (κ3) is 3.22. The zero-order chi connectivity index (χ0) is 17.3. The maximum atomic E-state index is 12.7. The molecule has 0 aliphatic carbocycles. The molecule has 1 amide bonds. The first-order valence-corrected chi connectivity index (χ1v) is 7.73. The Labute approximate surface area is 136 Å². The van der Waals surface area contributed by atoms with E-state index >= 15 is 0 Å². The second-order valence-corrected chi connectivity index (χ2v) is 7.01. The van der Waals surface area contributed by atoms with Crippen LogP contribution in [-0.4, -0.2) is 52.7 Å². The Balaban J connectivity index is 2.30. The van der Waals surface area contributed by atoms with E-state index in [1.165, 1.54) is 12.0 Å². The third-order valence-electron chi connectivity index (χ3n) is 4.36. The van der Waals surface area contributed by atoms with Crippen molar-refractivity contribution in [1.29, 1.82) is 0 Å². The summed E-state index contributed by atoms with van der Waals surface area (Å²) in [6.07, 6.45) is 2.71. The fraction of sp³-hybridized carbons (Fsp3) is 0.588. The van der Waals surface area contributed by atoms with Crippen molar-refractivity contribution in [2.45, 2.75) is 44.6 Å². The smallest absolute Gasteiger partial charge is 0.332 e. The molecule has 126 valence electrons. The molecule has 2 heterocycles. The summed E-state index contributed by atoms with van der Waals surface area (Å²) in [5.41, 5.74) is -0.0576. The van der Waals surface area contributed by atoms with Gasteiger partial charge in [-0.15, -0.1) is 0 Å². The number of methoxy groups -OCH3 is 1. The Bertz CT molecular complexity index is 592. The van der Waals surface area contributed by atoms with Gasteiger partial charge in [-0.05, 0) is 29.9 Å². The second kappa shape index (κ2) is 6.28. The number of pyridine rings is 1. The van der Waals surface area contributed by atoms with Gasteiger partial charge in [0.05, 0.1) is 6.61 Å². The van der Waals surface area contributed by atoms with Crippen LogP contribution in [0.5, 0.6) is 0 Å². The number of amides is 1. The van der Waals surface area contributed by atoms with E-state index in [1.807, 2.05) is 6.07 Å². The molecule has 1 aliphatic heterocycles. The Kier molecular flexibility index (Phi) is 4.75. The number of rotatable bonds is 4. The standard InChI is InChI=1S/C17H24N2O4/c1-16(2,3)12-6-7-13(18-10-12)14(20)19-9-5-8-17(19,11-23-4)15(21)22/h6-7,10H,5,8-9,11H2,1-4H3,(H,21,22). The fourth-order valence-electron chi connectivity index (χ4n) is 2.95. The van der Waals surface area contributed by atoms with Crippen LogP contribution < -0.4 is 0 Å². The second-order valence-electron chi connectivity index (χ2n) is 7.01. The van der Waals surface area contributed by atoms with Gasteiger partial charge in [0, 0.05) is 19.9 Å². The van der Waals surface area contributed by atoms with Crippen LogP contribution in [0.1, 0.15) is 49.7 Å². The van der Waals surface area contributed by atoms with Crippen molar-refractivity contribution in [3.63, 3.8) is 0 Å². The predicted molar refractivity (Wildman–Crippen MR) is 85.5 cm³/mol. The summed E-state index contributed by atoms with van der Waals surface area (Å²) < 4.78 is 5.08. The lowest BCUT2D eigenvalue weighted by atomic mass is 9.88. The highest BCUT2D eigenvalue weighted by Crippen LogP contribution is 2.31. The summed E-state index contributed by atoms with van der Waals surface area (Å²) in [4.78, 5) is 30.1. The third-order valence-corrected chi connectivity index (χ3v) is 4.36. The van der Waals surface area contributed by atoms with Crippen molar-refractivity contribution in [2.24, 2.45) is 0 Å². The zero-order valence-electron chi connectivity index (χ0n) is 14.1. The summed E-state index contributed by atoms with van der Waals surface area (Å²) >= 11 is 0. The SMILES string of the molecule is COCC1(C(=O)O)CCCN1C(=O)c1ccc(C(C)(C)C)cn1. The highest BCUT2D eigenvalue weighted by molar-refractivity contribution is 5.97. The number of carboxylic acid groups (broad SMARTS) is 1. The maximum Gasteiger partial charge on any atom is 0.332 e. The van der Waals surface area contributed by atoms with E-state index in [4.69, 9.17) is 4.74 Å². The average molecular weight is 320 g/mol. The molecule has 0 bridgehead atoms. The lowest BCUT2D eigenvalue weighted by molar-refractivity contribution is -0.151. The Morgan fingerprint density at radius 3 is 2.57 bits per heavy atom. The normalized spacial score (nSPS) is 21.5. The number of carboxylic acids is 1. The molecular formula is C17H24N2O4. The molecule has 0 spiro atoms. The number of aromatic nitrogens is 1. The molecule has 0 aromatic carbocycles. The number of carbonyl (C=O) groups is 2. The molecule has 1 aliphatic rings. The largest absolute Gasteiger partial charge is 0.479 e. The van der Waals surface area contributed by atoms with E-state index < -0.39 is 11.5 Å². The van der Waals surface area contributed by atoms with Gasteiger partial charge in [-0.25, -0.2) is 4.79 Å². The number of carbonyl (C=O) groups excluding carboxylic acids is 1. The molecule has 23 heavy (non-hydrogen) atoms. The van der Waals surface area contributed by atoms with E-state index in [1.54, 1.807) is 12.3 Å². The Morgan fingerprint density at radius 1 is 1.39 bits per heavy atom. The van der Waals surface area contributed by atoms with Crippen LogP contribution in [0.25, 0.3) is 0 Å². The van der Waals surface area contributed by atoms with E-state index in [0.29, 0.717) is 19.4 Å². The molecule has 6 nitrogen and oxygen atoms in total. The molecule has 0 radical (unpaired) electrons. The zero-order valence-corrected chi connectivity index (χ0v) is 14.1. The van der Waals surface area contributed by atoms with Gasteiger partial charge < -0.3 is 14.7 Å². The lowest BCUT2D eigenvalue weighted by Crippen LogP contribution is -2.56. The maximum absolute atomic E-state index is 12.7. The number of hydrogen-bond donors (Lipinski definition) is 1. The lowest BCUT2D eigenvalue weighted by Gasteiger charge is -2.33. The summed E-state index contributed by atoms with van der Waals surface area (Å²) in [7, 11) is 1.45. The topological polar surface area (TPSA) is 79.7 Å². The van der Waals surface area contributed by atoms with Crippen LogP contribution in [0.4, 0.5) is 0 Å². The van der Waals surface area contributed by atoms with E-state index in [0.717, 1.165) is 5.56 Å². The van der Waals surface area contributed by atoms with Crippen LogP contribution in [0.15, 0.2) is 18.3 Å². The molecule has 1 saturated heterocycles. The summed E-state index contributed by atoms with van der Waals surface area (Å²) in [6, 6.07) is 3.54. The van der Waals surface area contributed by atoms with Crippen LogP contribution in [0.2, 0.25) is 0 Å². The van der Waals surface area contributed by atoms with Crippen molar-refractivity contribution in [3.8, 4) is 0 Å². The first-order valence-electron chi connectivity index (χ1n) is 7.73. The molecule has 1 fully saturated rings. The molecular weight excluding hydrogens is 296 g/mol. The van der Waals surface area contributed by atoms with Gasteiger partial charge in [0.25, 0.3) is 5.91 Å². The Hall–Kier alpha value is -1.95. The van der Waals surface area contributed by atoms with E-state index in [-0.39, 0.29) is 23.6 Å². The summed E-state index contributed by atoms with van der Waals surface area (Å²) in [5.74, 6) is -1.39. The molecule has 2 rings (SSSR count). The van der Waals surface area contributed by atoms with Crippen LogP contribution >= 0.6 is 0 Å². The number of ether oxygens (including phenoxy) is 1. The number of nitrogens with zero attached hydrogens (tertiary/aromatic N) is 2. The predicted octanol–water partition coefficient (Wildman–Crippen LogP) is 2.08. The van der Waals surface area contributed by atoms with E-state index in [9.17, 15) is 14.7 Å². The Morgan fingerprint density at radius 2 is 2.09 bits per heavy atom. The van der Waals surface area contributed by atoms with Gasteiger partial charge in [0.15, 0.2) is 5.54 Å². The highest BCUT2D eigenvalue weighted by Gasteiger charge is 2.50. The van der Waals surface area contributed by atoms with Gasteiger partial charge in [-0.3, -0.25) is 9.78 Å². The summed E-state index contributed by atoms with van der Waals surface area (Å²) in [5, 5.41) is 9.62. The van der Waals surface area contributed by atoms with Gasteiger partial charge in [0.1, 0.15) is 5.69 Å². The number of aliphatic carboxylic acids is 1. The number of hydrogen-bond acceptors (Lipinski definition) is 4. The minimum atomic E-state index is -1.30. The summed E-state index contributed by atoms with van der Waals surface area (Å²) in [6.45, 7) is 6.59. The van der Waals surface area contributed by atoms with Crippen LogP contribution in [-0.2, 0) is 14.9 Å². The van der Waals surface area contributed by atoms with E-state index in [2.05, 4.69) is 25.8 Å². The molecule has 1 atom stereocenters. The monoisotopic (exact) mass is 320 g/mol. The van der Waals surface area contributed by atoms with Gasteiger partial charge in [0.2, 0.25) is 0 Å².